The zero-order chi connectivity index (χ0) is 34.5. The Hall–Kier alpha value is -6.78. The minimum absolute atomic E-state index is 0.828. The number of rotatable bonds is 3. The van der Waals surface area contributed by atoms with Crippen LogP contribution < -0.4 is 0 Å². The lowest BCUT2D eigenvalue weighted by atomic mass is 9.99. The molecular formula is C48H32N4. The van der Waals surface area contributed by atoms with Crippen molar-refractivity contribution < 1.29 is 0 Å². The van der Waals surface area contributed by atoms with Gasteiger partial charge in [0.15, 0.2) is 0 Å². The molecule has 0 aliphatic carbocycles. The molecule has 0 saturated heterocycles. The second kappa shape index (κ2) is 10.9. The van der Waals surface area contributed by atoms with Crippen molar-refractivity contribution in [1.29, 1.82) is 0 Å². The highest BCUT2D eigenvalue weighted by atomic mass is 15.0. The Bertz CT molecular complexity index is 3100. The summed E-state index contributed by atoms with van der Waals surface area (Å²) in [5, 5.41) is 9.51. The van der Waals surface area contributed by atoms with Crippen molar-refractivity contribution in [3.05, 3.63) is 169 Å². The number of nitrogens with zero attached hydrogens (tertiary/aromatic N) is 4. The van der Waals surface area contributed by atoms with E-state index in [1.165, 1.54) is 43.4 Å². The molecule has 0 fully saturated rings. The average Bonchev–Trinajstić information content (AvgIpc) is 3.69. The molecule has 11 rings (SSSR count). The molecule has 0 aliphatic rings. The van der Waals surface area contributed by atoms with Gasteiger partial charge >= 0.3 is 0 Å². The predicted molar refractivity (Wildman–Crippen MR) is 218 cm³/mol. The molecule has 0 aliphatic heterocycles. The third-order valence-electron chi connectivity index (χ3n) is 10.8. The van der Waals surface area contributed by atoms with Gasteiger partial charge in [0, 0.05) is 37.9 Å². The third kappa shape index (κ3) is 4.03. The van der Waals surface area contributed by atoms with Crippen LogP contribution in [0.2, 0.25) is 0 Å². The van der Waals surface area contributed by atoms with Gasteiger partial charge in [-0.2, -0.15) is 0 Å². The van der Waals surface area contributed by atoms with Crippen LogP contribution in [0.5, 0.6) is 0 Å². The maximum Gasteiger partial charge on any atom is 0.0979 e. The van der Waals surface area contributed by atoms with Crippen LogP contribution in [0.4, 0.5) is 0 Å². The van der Waals surface area contributed by atoms with E-state index in [2.05, 4.69) is 175 Å². The maximum absolute atomic E-state index is 5.62. The van der Waals surface area contributed by atoms with Gasteiger partial charge in [0.25, 0.3) is 0 Å². The highest BCUT2D eigenvalue weighted by Crippen LogP contribution is 2.43. The van der Waals surface area contributed by atoms with Crippen molar-refractivity contribution in [1.82, 2.24) is 19.1 Å². The molecule has 0 saturated carbocycles. The van der Waals surface area contributed by atoms with Gasteiger partial charge in [-0.25, -0.2) is 4.98 Å². The summed E-state index contributed by atoms with van der Waals surface area (Å²) in [4.78, 5) is 10.9. The van der Waals surface area contributed by atoms with Gasteiger partial charge in [-0.05, 0) is 73.2 Å². The van der Waals surface area contributed by atoms with E-state index >= 15 is 0 Å². The number of fused-ring (bicyclic) bond motifs is 12. The quantitative estimate of drug-likeness (QED) is 0.176. The normalized spacial score (nSPS) is 12.0. The van der Waals surface area contributed by atoms with Gasteiger partial charge in [-0.1, -0.05) is 114 Å². The summed E-state index contributed by atoms with van der Waals surface area (Å²) in [5.74, 6) is 0. The van der Waals surface area contributed by atoms with Crippen LogP contribution >= 0.6 is 0 Å². The molecule has 0 unspecified atom stereocenters. The smallest absolute Gasteiger partial charge is 0.0979 e. The van der Waals surface area contributed by atoms with Gasteiger partial charge in [0.2, 0.25) is 0 Å². The van der Waals surface area contributed by atoms with Crippen molar-refractivity contribution >= 4 is 76.2 Å². The zero-order valence-electron chi connectivity index (χ0n) is 28.8. The van der Waals surface area contributed by atoms with E-state index in [1.54, 1.807) is 0 Å². The van der Waals surface area contributed by atoms with Crippen LogP contribution in [0, 0.1) is 13.8 Å². The standard InChI is InChI=1S/C48H32N4/c1-29-22-24-42-37(26-29)33-14-7-9-18-40(33)51(42)44-20-11-21-45(52-41-19-10-8-15-34(41)38-27-30(2)23-25-43(38)52)46(44)39-28-49-47-35-16-5-3-12-31(35)32-13-4-6-17-36(32)48(47)50-39/h3-28H,1-2H3. The molecular weight excluding hydrogens is 633 g/mol. The summed E-state index contributed by atoms with van der Waals surface area (Å²) in [6.07, 6.45) is 1.99. The van der Waals surface area contributed by atoms with Crippen molar-refractivity contribution in [2.75, 3.05) is 0 Å². The molecule has 8 aromatic carbocycles. The molecule has 244 valence electrons. The topological polar surface area (TPSA) is 35.6 Å². The number of aryl methyl sites for hydroxylation is 2. The van der Waals surface area contributed by atoms with E-state index in [-0.39, 0.29) is 0 Å². The predicted octanol–water partition coefficient (Wildman–Crippen LogP) is 12.4. The van der Waals surface area contributed by atoms with E-state index in [9.17, 15) is 0 Å². The summed E-state index contributed by atoms with van der Waals surface area (Å²) in [5.41, 5.74) is 12.9. The van der Waals surface area contributed by atoms with Crippen molar-refractivity contribution in [3.63, 3.8) is 0 Å². The fraction of sp³-hybridized carbons (Fsp3) is 0.0417. The van der Waals surface area contributed by atoms with E-state index in [0.29, 0.717) is 0 Å². The molecule has 4 nitrogen and oxygen atoms in total. The fourth-order valence-electron chi connectivity index (χ4n) is 8.60. The largest absolute Gasteiger partial charge is 0.308 e. The molecule has 11 aromatic rings. The van der Waals surface area contributed by atoms with Crippen molar-refractivity contribution in [2.24, 2.45) is 0 Å². The lowest BCUT2D eigenvalue weighted by molar-refractivity contribution is 1.13. The van der Waals surface area contributed by atoms with E-state index in [0.717, 1.165) is 66.5 Å². The molecule has 0 spiro atoms. The molecule has 3 heterocycles. The highest BCUT2D eigenvalue weighted by molar-refractivity contribution is 6.23. The minimum atomic E-state index is 0.828. The van der Waals surface area contributed by atoms with Crippen molar-refractivity contribution in [3.8, 4) is 22.6 Å². The number of hydrogen-bond acceptors (Lipinski definition) is 2. The molecule has 0 bridgehead atoms. The van der Waals surface area contributed by atoms with Crippen LogP contribution in [0.3, 0.4) is 0 Å². The highest BCUT2D eigenvalue weighted by Gasteiger charge is 2.23. The first-order chi connectivity index (χ1) is 25.6. The van der Waals surface area contributed by atoms with Gasteiger partial charge in [-0.3, -0.25) is 4.98 Å². The van der Waals surface area contributed by atoms with E-state index < -0.39 is 0 Å². The monoisotopic (exact) mass is 664 g/mol. The van der Waals surface area contributed by atoms with Gasteiger partial charge in [0.05, 0.1) is 56.4 Å². The second-order valence-corrected chi connectivity index (χ2v) is 14.0. The Labute approximate surface area is 299 Å². The molecule has 3 aromatic heterocycles. The Morgan fingerprint density at radius 3 is 1.37 bits per heavy atom. The molecule has 0 amide bonds. The Morgan fingerprint density at radius 2 is 0.827 bits per heavy atom. The van der Waals surface area contributed by atoms with Crippen LogP contribution in [-0.4, -0.2) is 19.1 Å². The number of para-hydroxylation sites is 2. The zero-order valence-corrected chi connectivity index (χ0v) is 28.8. The second-order valence-electron chi connectivity index (χ2n) is 14.0. The van der Waals surface area contributed by atoms with Gasteiger partial charge in [-0.15, -0.1) is 0 Å². The fourth-order valence-corrected chi connectivity index (χ4v) is 8.60. The number of hydrogen-bond donors (Lipinski definition) is 0. The Balaban J connectivity index is 1.33. The first-order valence-corrected chi connectivity index (χ1v) is 17.8. The van der Waals surface area contributed by atoms with Crippen LogP contribution in [-0.2, 0) is 0 Å². The van der Waals surface area contributed by atoms with E-state index in [1.807, 2.05) is 6.20 Å². The van der Waals surface area contributed by atoms with Crippen LogP contribution in [0.15, 0.2) is 158 Å². The average molecular weight is 665 g/mol. The lowest BCUT2D eigenvalue weighted by Gasteiger charge is -2.20. The molecule has 0 N–H and O–H groups in total. The Kier molecular flexibility index (Phi) is 6.06. The molecule has 0 radical (unpaired) electrons. The number of aromatic nitrogens is 4. The van der Waals surface area contributed by atoms with Crippen LogP contribution in [0.1, 0.15) is 11.1 Å². The SMILES string of the molecule is Cc1ccc2c(c1)c1ccccc1n2-c1cccc(-n2c3ccccc3c3cc(C)ccc32)c1-c1cnc2c3ccccc3c3ccccc3c2n1. The van der Waals surface area contributed by atoms with Crippen molar-refractivity contribution in [2.45, 2.75) is 13.8 Å². The first-order valence-electron chi connectivity index (χ1n) is 17.8. The molecule has 4 heteroatoms. The first kappa shape index (κ1) is 29.0. The summed E-state index contributed by atoms with van der Waals surface area (Å²) in [7, 11) is 0. The lowest BCUT2D eigenvalue weighted by Crippen LogP contribution is -2.05. The van der Waals surface area contributed by atoms with Crippen LogP contribution in [0.25, 0.3) is 98.8 Å². The Morgan fingerprint density at radius 1 is 0.385 bits per heavy atom. The summed E-state index contributed by atoms with van der Waals surface area (Å²) in [6, 6.07) is 54.8. The summed E-state index contributed by atoms with van der Waals surface area (Å²) in [6.45, 7) is 4.33. The summed E-state index contributed by atoms with van der Waals surface area (Å²) >= 11 is 0. The van der Waals surface area contributed by atoms with Gasteiger partial charge in [0.1, 0.15) is 0 Å². The van der Waals surface area contributed by atoms with Gasteiger partial charge < -0.3 is 9.13 Å². The van der Waals surface area contributed by atoms with E-state index in [4.69, 9.17) is 9.97 Å². The third-order valence-corrected chi connectivity index (χ3v) is 10.8. The summed E-state index contributed by atoms with van der Waals surface area (Å²) < 4.78 is 4.84. The number of benzene rings is 8. The molecule has 0 atom stereocenters. The molecule has 52 heavy (non-hydrogen) atoms. The minimum Gasteiger partial charge on any atom is -0.308 e. The maximum atomic E-state index is 5.62.